The Morgan fingerprint density at radius 1 is 1.50 bits per heavy atom. The van der Waals surface area contributed by atoms with Crippen molar-refractivity contribution >= 4 is 5.97 Å². The van der Waals surface area contributed by atoms with Crippen LogP contribution in [0.1, 0.15) is 15.9 Å². The molecular weight excluding hydrogens is 183 g/mol. The molecule has 0 aliphatic heterocycles. The number of benzene rings is 1. The summed E-state index contributed by atoms with van der Waals surface area (Å²) in [5.74, 6) is -1.29. The maximum Gasteiger partial charge on any atom is 1.00 e. The number of rotatable bonds is 1. The summed E-state index contributed by atoms with van der Waals surface area (Å²) in [7, 11) is 0. The van der Waals surface area contributed by atoms with Crippen LogP contribution in [0.25, 0.3) is 0 Å². The zero-order valence-electron chi connectivity index (χ0n) is 7.00. The predicted molar refractivity (Wildman–Crippen MR) is 37.6 cm³/mol. The van der Waals surface area contributed by atoms with Gasteiger partial charge in [0, 0.05) is 0 Å². The van der Waals surface area contributed by atoms with Crippen LogP contribution in [0.15, 0.2) is 18.2 Å². The first-order valence-electron chi connectivity index (χ1n) is 3.13. The molecule has 0 amide bonds. The van der Waals surface area contributed by atoms with Crippen LogP contribution in [-0.2, 0) is 0 Å². The molecule has 12 heavy (non-hydrogen) atoms. The van der Waals surface area contributed by atoms with E-state index in [-0.39, 0.29) is 62.7 Å². The predicted octanol–water partition coefficient (Wildman–Crippen LogP) is -2.23. The normalized spacial score (nSPS) is 8.75. The minimum atomic E-state index is -1.06. The van der Waals surface area contributed by atoms with Crippen LogP contribution in [0, 0.1) is 6.92 Å². The summed E-state index contributed by atoms with van der Waals surface area (Å²) in [5, 5.41) is 19.4. The summed E-state index contributed by atoms with van der Waals surface area (Å²) in [6, 6.07) is 4.21. The molecule has 0 unspecified atom stereocenters. The molecule has 0 heterocycles. The van der Waals surface area contributed by atoms with Crippen molar-refractivity contribution in [2.24, 2.45) is 0 Å². The van der Waals surface area contributed by atoms with Crippen LogP contribution >= 0.6 is 0 Å². The molecule has 0 bridgehead atoms. The molecule has 1 rings (SSSR count). The number of carboxylic acid groups (broad SMARTS) is 1. The van der Waals surface area contributed by atoms with Crippen LogP contribution in [0.4, 0.5) is 0 Å². The van der Waals surface area contributed by atoms with Gasteiger partial charge in [-0.05, 0) is 18.6 Å². The maximum absolute atomic E-state index is 10.9. The molecule has 0 aromatic heterocycles. The molecule has 0 saturated heterocycles. The minimum Gasteiger partial charge on any atom is -0.872 e. The largest absolute Gasteiger partial charge is 1.00 e. The van der Waals surface area contributed by atoms with Crippen molar-refractivity contribution in [3.63, 3.8) is 0 Å². The number of carboxylic acids is 1. The van der Waals surface area contributed by atoms with Gasteiger partial charge in [-0.25, -0.2) is 4.79 Å². The SMILES string of the molecule is Cc1c([O-])cccc1C(=O)O.[K+]. The third-order valence-corrected chi connectivity index (χ3v) is 1.51. The van der Waals surface area contributed by atoms with E-state index in [9.17, 15) is 9.90 Å². The Labute approximate surface area is 113 Å². The molecule has 1 aromatic carbocycles. The van der Waals surface area contributed by atoms with Gasteiger partial charge in [-0.3, -0.25) is 0 Å². The second-order valence-electron chi connectivity index (χ2n) is 2.23. The van der Waals surface area contributed by atoms with Crippen LogP contribution < -0.4 is 56.5 Å². The van der Waals surface area contributed by atoms with Crippen molar-refractivity contribution in [3.05, 3.63) is 29.3 Å². The first kappa shape index (κ1) is 12.1. The van der Waals surface area contributed by atoms with Crippen molar-refractivity contribution in [2.75, 3.05) is 0 Å². The monoisotopic (exact) mass is 190 g/mol. The Bertz CT molecular complexity index is 296. The fourth-order valence-electron chi connectivity index (χ4n) is 0.846. The van der Waals surface area contributed by atoms with Crippen LogP contribution in [0.2, 0.25) is 0 Å². The van der Waals surface area contributed by atoms with Gasteiger partial charge >= 0.3 is 57.4 Å². The Morgan fingerprint density at radius 2 is 2.08 bits per heavy atom. The smallest absolute Gasteiger partial charge is 0.872 e. The molecule has 58 valence electrons. The molecule has 0 aliphatic carbocycles. The Hall–Kier alpha value is 0.126. The summed E-state index contributed by atoms with van der Waals surface area (Å²) in [4.78, 5) is 10.4. The van der Waals surface area contributed by atoms with Crippen LogP contribution in [0.5, 0.6) is 5.75 Å². The summed E-state index contributed by atoms with van der Waals surface area (Å²) in [6.07, 6.45) is 0. The molecule has 3 nitrogen and oxygen atoms in total. The van der Waals surface area contributed by atoms with Gasteiger partial charge in [0.05, 0.1) is 5.56 Å². The zero-order chi connectivity index (χ0) is 8.43. The van der Waals surface area contributed by atoms with Crippen molar-refractivity contribution in [2.45, 2.75) is 6.92 Å². The molecular formula is C8H7KO3. The summed E-state index contributed by atoms with van der Waals surface area (Å²) >= 11 is 0. The number of carbonyl (C=O) groups is 1. The number of hydrogen-bond donors (Lipinski definition) is 1. The standard InChI is InChI=1S/C8H8O3.K/c1-5-6(8(10)11)3-2-4-7(5)9;/h2-4,9H,1H3,(H,10,11);/q;+1/p-1. The van der Waals surface area contributed by atoms with Crippen molar-refractivity contribution in [1.82, 2.24) is 0 Å². The minimum absolute atomic E-state index is 0. The first-order valence-corrected chi connectivity index (χ1v) is 3.13. The average molecular weight is 190 g/mol. The molecule has 0 spiro atoms. The van der Waals surface area contributed by atoms with Gasteiger partial charge in [-0.15, -0.1) is 5.75 Å². The summed E-state index contributed by atoms with van der Waals surface area (Å²) in [6.45, 7) is 1.51. The number of hydrogen-bond acceptors (Lipinski definition) is 2. The van der Waals surface area contributed by atoms with Crippen molar-refractivity contribution < 1.29 is 66.4 Å². The van der Waals surface area contributed by atoms with Gasteiger partial charge in [0.25, 0.3) is 0 Å². The Balaban J connectivity index is 0.00000121. The molecule has 1 aromatic rings. The zero-order valence-corrected chi connectivity index (χ0v) is 10.1. The van der Waals surface area contributed by atoms with E-state index in [1.807, 2.05) is 0 Å². The van der Waals surface area contributed by atoms with E-state index in [0.717, 1.165) is 0 Å². The van der Waals surface area contributed by atoms with Crippen LogP contribution in [-0.4, -0.2) is 11.1 Å². The molecule has 0 radical (unpaired) electrons. The number of aromatic carboxylic acids is 1. The van der Waals surface area contributed by atoms with E-state index in [0.29, 0.717) is 5.56 Å². The van der Waals surface area contributed by atoms with Gasteiger partial charge in [0.2, 0.25) is 0 Å². The van der Waals surface area contributed by atoms with Crippen molar-refractivity contribution in [1.29, 1.82) is 0 Å². The third-order valence-electron chi connectivity index (χ3n) is 1.51. The van der Waals surface area contributed by atoms with Gasteiger partial charge in [0.1, 0.15) is 0 Å². The van der Waals surface area contributed by atoms with E-state index in [1.54, 1.807) is 0 Å². The van der Waals surface area contributed by atoms with E-state index in [1.165, 1.54) is 25.1 Å². The molecule has 0 fully saturated rings. The third kappa shape index (κ3) is 2.57. The Kier molecular flexibility index (Phi) is 5.04. The van der Waals surface area contributed by atoms with E-state index in [2.05, 4.69) is 0 Å². The fourth-order valence-corrected chi connectivity index (χ4v) is 0.846. The maximum atomic E-state index is 10.9. The van der Waals surface area contributed by atoms with E-state index in [4.69, 9.17) is 5.11 Å². The van der Waals surface area contributed by atoms with Gasteiger partial charge in [0.15, 0.2) is 0 Å². The van der Waals surface area contributed by atoms with Gasteiger partial charge in [-0.2, -0.15) is 0 Å². The molecule has 4 heteroatoms. The van der Waals surface area contributed by atoms with Gasteiger partial charge < -0.3 is 10.2 Å². The summed E-state index contributed by atoms with van der Waals surface area (Å²) < 4.78 is 0. The average Bonchev–Trinajstić information content (AvgIpc) is 1.94. The van der Waals surface area contributed by atoms with Crippen LogP contribution in [0.3, 0.4) is 0 Å². The molecule has 0 atom stereocenters. The molecule has 1 N–H and O–H groups in total. The fraction of sp³-hybridized carbons (Fsp3) is 0.125. The Morgan fingerprint density at radius 3 is 2.50 bits per heavy atom. The van der Waals surface area contributed by atoms with Gasteiger partial charge in [-0.1, -0.05) is 12.1 Å². The van der Waals surface area contributed by atoms with E-state index < -0.39 is 5.97 Å². The van der Waals surface area contributed by atoms with Crippen molar-refractivity contribution in [3.8, 4) is 5.75 Å². The molecule has 0 aliphatic rings. The first-order chi connectivity index (χ1) is 5.13. The second-order valence-corrected chi connectivity index (χ2v) is 2.23. The van der Waals surface area contributed by atoms with E-state index >= 15 is 0 Å². The molecule has 0 saturated carbocycles. The summed E-state index contributed by atoms with van der Waals surface area (Å²) in [5.41, 5.74) is 0.373. The quantitative estimate of drug-likeness (QED) is 0.510. The second kappa shape index (κ2) is 4.99. The topological polar surface area (TPSA) is 60.4 Å².